The first-order chi connectivity index (χ1) is 7.98. The highest BCUT2D eigenvalue weighted by Gasteiger charge is 2.70. The van der Waals surface area contributed by atoms with Crippen molar-refractivity contribution >= 4 is 5.97 Å². The summed E-state index contributed by atoms with van der Waals surface area (Å²) in [5.41, 5.74) is 0. The molecule has 0 aromatic heterocycles. The van der Waals surface area contributed by atoms with Crippen LogP contribution in [-0.4, -0.2) is 30.1 Å². The van der Waals surface area contributed by atoms with E-state index >= 15 is 0 Å². The predicted octanol–water partition coefficient (Wildman–Crippen LogP) is 1.33. The Kier molecular flexibility index (Phi) is 1.74. The molecule has 7 unspecified atom stereocenters. The minimum absolute atomic E-state index is 0.0642. The van der Waals surface area contributed by atoms with E-state index < -0.39 is 5.79 Å². The number of carbonyl (C=O) groups excluding carboxylic acids is 1. The Morgan fingerprint density at radius 3 is 2.65 bits per heavy atom. The van der Waals surface area contributed by atoms with Gasteiger partial charge in [0, 0.05) is 5.92 Å². The van der Waals surface area contributed by atoms with Gasteiger partial charge in [-0.2, -0.15) is 0 Å². The molecule has 2 aliphatic carbocycles. The van der Waals surface area contributed by atoms with Gasteiger partial charge in [-0.25, -0.2) is 0 Å². The van der Waals surface area contributed by atoms with E-state index in [1.165, 1.54) is 0 Å². The number of hydrogen-bond donors (Lipinski definition) is 0. The summed E-state index contributed by atoms with van der Waals surface area (Å²) in [5, 5.41) is 0. The quantitative estimate of drug-likeness (QED) is 0.597. The van der Waals surface area contributed by atoms with Gasteiger partial charge < -0.3 is 14.2 Å². The molecule has 2 heterocycles. The van der Waals surface area contributed by atoms with Gasteiger partial charge in [-0.1, -0.05) is 6.92 Å². The summed E-state index contributed by atoms with van der Waals surface area (Å²) < 4.78 is 17.5. The van der Waals surface area contributed by atoms with Gasteiger partial charge >= 0.3 is 5.97 Å². The normalized spacial score (nSPS) is 58.1. The molecule has 0 spiro atoms. The number of fused-ring (bicyclic) bond motifs is 3. The zero-order chi connectivity index (χ0) is 11.9. The van der Waals surface area contributed by atoms with Gasteiger partial charge in [0.05, 0.1) is 12.0 Å². The predicted molar refractivity (Wildman–Crippen MR) is 58.0 cm³/mol. The summed E-state index contributed by atoms with van der Waals surface area (Å²) in [4.78, 5) is 11.9. The van der Waals surface area contributed by atoms with E-state index in [1.54, 1.807) is 0 Å². The molecule has 94 valence electrons. The van der Waals surface area contributed by atoms with Crippen LogP contribution in [0.25, 0.3) is 0 Å². The van der Waals surface area contributed by atoms with Gasteiger partial charge in [0.25, 0.3) is 0 Å². The highest BCUT2D eigenvalue weighted by molar-refractivity contribution is 5.77. The van der Waals surface area contributed by atoms with Crippen LogP contribution in [0.5, 0.6) is 0 Å². The summed E-state index contributed by atoms with van der Waals surface area (Å²) in [7, 11) is 0. The maximum atomic E-state index is 11.9. The molecule has 2 saturated heterocycles. The SMILES string of the molecule is CC1CC2OC(=O)C3C4OC(C)(C)OC4C1C23. The van der Waals surface area contributed by atoms with Crippen LogP contribution in [0.15, 0.2) is 0 Å². The average molecular weight is 238 g/mol. The van der Waals surface area contributed by atoms with Crippen molar-refractivity contribution in [3.8, 4) is 0 Å². The Hall–Kier alpha value is -0.610. The summed E-state index contributed by atoms with van der Waals surface area (Å²) in [5.74, 6) is 0.633. The first kappa shape index (κ1) is 10.3. The van der Waals surface area contributed by atoms with Crippen LogP contribution in [0.3, 0.4) is 0 Å². The van der Waals surface area contributed by atoms with Gasteiger partial charge in [-0.15, -0.1) is 0 Å². The second kappa shape index (κ2) is 2.86. The van der Waals surface area contributed by atoms with Gasteiger partial charge in [0.15, 0.2) is 5.79 Å². The molecule has 2 aliphatic heterocycles. The fraction of sp³-hybridized carbons (Fsp3) is 0.923. The van der Waals surface area contributed by atoms with Crippen molar-refractivity contribution in [3.63, 3.8) is 0 Å². The third-order valence-corrected chi connectivity index (χ3v) is 4.99. The number of rotatable bonds is 0. The lowest BCUT2D eigenvalue weighted by Crippen LogP contribution is -2.30. The van der Waals surface area contributed by atoms with Crippen molar-refractivity contribution < 1.29 is 19.0 Å². The number of hydrogen-bond acceptors (Lipinski definition) is 4. The third kappa shape index (κ3) is 1.13. The molecule has 4 rings (SSSR count). The van der Waals surface area contributed by atoms with Crippen LogP contribution in [0.1, 0.15) is 27.2 Å². The van der Waals surface area contributed by atoms with E-state index in [-0.39, 0.29) is 30.2 Å². The van der Waals surface area contributed by atoms with Gasteiger partial charge in [-0.3, -0.25) is 4.79 Å². The summed E-state index contributed by atoms with van der Waals surface area (Å²) in [6, 6.07) is 0. The summed E-state index contributed by atoms with van der Waals surface area (Å²) in [6.45, 7) is 6.10. The largest absolute Gasteiger partial charge is 0.462 e. The van der Waals surface area contributed by atoms with Crippen LogP contribution in [-0.2, 0) is 19.0 Å². The molecule has 0 radical (unpaired) electrons. The molecule has 4 aliphatic rings. The lowest BCUT2D eigenvalue weighted by molar-refractivity contribution is -0.168. The maximum absolute atomic E-state index is 11.9. The molecule has 17 heavy (non-hydrogen) atoms. The van der Waals surface area contributed by atoms with Crippen molar-refractivity contribution in [1.29, 1.82) is 0 Å². The van der Waals surface area contributed by atoms with E-state index in [2.05, 4.69) is 6.92 Å². The van der Waals surface area contributed by atoms with Crippen LogP contribution in [0.2, 0.25) is 0 Å². The second-order valence-corrected chi connectivity index (χ2v) is 6.43. The van der Waals surface area contributed by atoms with E-state index in [1.807, 2.05) is 13.8 Å². The Morgan fingerprint density at radius 1 is 1.18 bits per heavy atom. The average Bonchev–Trinajstić information content (AvgIpc) is 2.80. The summed E-state index contributed by atoms with van der Waals surface area (Å²) >= 11 is 0. The first-order valence-corrected chi connectivity index (χ1v) is 6.54. The van der Waals surface area contributed by atoms with Crippen molar-refractivity contribution in [2.75, 3.05) is 0 Å². The molecule has 0 bridgehead atoms. The fourth-order valence-corrected chi connectivity index (χ4v) is 4.58. The Bertz CT molecular complexity index is 391. The number of carbonyl (C=O) groups is 1. The molecular weight excluding hydrogens is 220 g/mol. The van der Waals surface area contributed by atoms with Gasteiger partial charge in [0.1, 0.15) is 12.2 Å². The van der Waals surface area contributed by atoms with Crippen LogP contribution >= 0.6 is 0 Å². The molecule has 4 fully saturated rings. The first-order valence-electron chi connectivity index (χ1n) is 6.54. The molecule has 0 N–H and O–H groups in total. The Balaban J connectivity index is 1.76. The van der Waals surface area contributed by atoms with Gasteiger partial charge in [0.2, 0.25) is 0 Å². The van der Waals surface area contributed by atoms with Crippen LogP contribution < -0.4 is 0 Å². The van der Waals surface area contributed by atoms with E-state index in [0.717, 1.165) is 6.42 Å². The highest BCUT2D eigenvalue weighted by atomic mass is 16.8. The van der Waals surface area contributed by atoms with E-state index in [0.29, 0.717) is 17.8 Å². The van der Waals surface area contributed by atoms with Crippen molar-refractivity contribution in [2.45, 2.75) is 51.3 Å². The highest BCUT2D eigenvalue weighted by Crippen LogP contribution is 2.60. The van der Waals surface area contributed by atoms with E-state index in [9.17, 15) is 4.79 Å². The lowest BCUT2D eigenvalue weighted by atomic mass is 9.89. The van der Waals surface area contributed by atoms with Gasteiger partial charge in [-0.05, 0) is 32.1 Å². The molecule has 4 heteroatoms. The molecule has 2 saturated carbocycles. The monoisotopic (exact) mass is 238 g/mol. The summed E-state index contributed by atoms with van der Waals surface area (Å²) in [6.07, 6.45) is 1.12. The number of esters is 1. The fourth-order valence-electron chi connectivity index (χ4n) is 4.58. The zero-order valence-electron chi connectivity index (χ0n) is 10.4. The van der Waals surface area contributed by atoms with Crippen LogP contribution in [0, 0.1) is 23.7 Å². The second-order valence-electron chi connectivity index (χ2n) is 6.43. The maximum Gasteiger partial charge on any atom is 0.312 e. The molecule has 0 aromatic carbocycles. The van der Waals surface area contributed by atoms with Crippen molar-refractivity contribution in [2.24, 2.45) is 23.7 Å². The molecule has 0 aromatic rings. The smallest absolute Gasteiger partial charge is 0.312 e. The lowest BCUT2D eigenvalue weighted by Gasteiger charge is -2.24. The van der Waals surface area contributed by atoms with Crippen LogP contribution in [0.4, 0.5) is 0 Å². The van der Waals surface area contributed by atoms with Crippen molar-refractivity contribution in [1.82, 2.24) is 0 Å². The molecule has 0 amide bonds. The van der Waals surface area contributed by atoms with Crippen molar-refractivity contribution in [3.05, 3.63) is 0 Å². The standard InChI is InChI=1S/C13H18O4/c1-5-4-6-8-7(5)10-11(9(8)12(14)15-6)17-13(2,3)16-10/h5-11H,4H2,1-3H3. The molecule has 4 nitrogen and oxygen atoms in total. The Labute approximate surface area is 101 Å². The Morgan fingerprint density at radius 2 is 1.88 bits per heavy atom. The number of ether oxygens (including phenoxy) is 3. The zero-order valence-corrected chi connectivity index (χ0v) is 10.4. The minimum Gasteiger partial charge on any atom is -0.462 e. The third-order valence-electron chi connectivity index (χ3n) is 4.99. The topological polar surface area (TPSA) is 44.8 Å². The minimum atomic E-state index is -0.555. The molecular formula is C13H18O4. The van der Waals surface area contributed by atoms with E-state index in [4.69, 9.17) is 14.2 Å². The molecule has 7 atom stereocenters.